The van der Waals surface area contributed by atoms with Gasteiger partial charge in [0.05, 0.1) is 12.6 Å². The summed E-state index contributed by atoms with van der Waals surface area (Å²) in [6, 6.07) is -0.166. The van der Waals surface area contributed by atoms with E-state index in [1.807, 2.05) is 0 Å². The number of amides is 2. The summed E-state index contributed by atoms with van der Waals surface area (Å²) >= 11 is 0. The summed E-state index contributed by atoms with van der Waals surface area (Å²) in [4.78, 5) is 11.6. The Morgan fingerprint density at radius 1 is 1.27 bits per heavy atom. The lowest BCUT2D eigenvalue weighted by Gasteiger charge is -2.17. The lowest BCUT2D eigenvalue weighted by Crippen LogP contribution is -2.39. The van der Waals surface area contributed by atoms with Crippen molar-refractivity contribution in [3.05, 3.63) is 35.1 Å². The molecule has 0 saturated carbocycles. The Kier molecular flexibility index (Phi) is 7.69. The molecule has 0 aliphatic heterocycles. The van der Waals surface area contributed by atoms with Crippen LogP contribution in [0.15, 0.2) is 12.1 Å². The fourth-order valence-corrected chi connectivity index (χ4v) is 1.79. The summed E-state index contributed by atoms with van der Waals surface area (Å²) in [7, 11) is 1.58. The van der Waals surface area contributed by atoms with Crippen molar-refractivity contribution >= 4 is 6.03 Å². The molecule has 1 rings (SSSR count). The van der Waals surface area contributed by atoms with E-state index < -0.39 is 36.1 Å². The van der Waals surface area contributed by atoms with Gasteiger partial charge in [-0.15, -0.1) is 0 Å². The molecule has 0 aliphatic rings. The topological polar surface area (TPSA) is 70.6 Å². The van der Waals surface area contributed by atoms with Gasteiger partial charge >= 0.3 is 6.03 Å². The van der Waals surface area contributed by atoms with Crippen LogP contribution in [0.4, 0.5) is 18.0 Å². The maximum Gasteiger partial charge on any atom is 0.315 e. The molecule has 5 nitrogen and oxygen atoms in total. The molecule has 1 aromatic rings. The number of benzene rings is 1. The lowest BCUT2D eigenvalue weighted by atomic mass is 10.1. The first kappa shape index (κ1) is 18.2. The third-order valence-electron chi connectivity index (χ3n) is 2.96. The number of carbonyl (C=O) groups is 1. The zero-order chi connectivity index (χ0) is 16.5. The number of rotatable bonds is 8. The average Bonchev–Trinajstić information content (AvgIpc) is 2.49. The largest absolute Gasteiger partial charge is 0.394 e. The molecular weight excluding hydrogens is 301 g/mol. The van der Waals surface area contributed by atoms with Gasteiger partial charge in [0.15, 0.2) is 17.5 Å². The molecule has 0 bridgehead atoms. The van der Waals surface area contributed by atoms with Crippen molar-refractivity contribution in [1.82, 2.24) is 10.6 Å². The normalized spacial score (nSPS) is 12.0. The van der Waals surface area contributed by atoms with Crippen molar-refractivity contribution in [2.75, 3.05) is 26.9 Å². The number of urea groups is 1. The van der Waals surface area contributed by atoms with Crippen LogP contribution < -0.4 is 10.6 Å². The van der Waals surface area contributed by atoms with Crippen LogP contribution in [-0.2, 0) is 4.74 Å². The summed E-state index contributed by atoms with van der Waals surface area (Å²) < 4.78 is 44.1. The van der Waals surface area contributed by atoms with E-state index in [0.29, 0.717) is 19.6 Å². The number of nitrogens with one attached hydrogen (secondary N) is 2. The number of unbranched alkanes of at least 4 members (excludes halogenated alkanes) is 1. The molecular formula is C14H19F3N2O3. The molecule has 8 heteroatoms. The van der Waals surface area contributed by atoms with Crippen LogP contribution in [0.1, 0.15) is 24.4 Å². The van der Waals surface area contributed by atoms with E-state index >= 15 is 0 Å². The molecule has 0 spiro atoms. The average molecular weight is 320 g/mol. The van der Waals surface area contributed by atoms with Gasteiger partial charge in [-0.25, -0.2) is 18.0 Å². The van der Waals surface area contributed by atoms with E-state index in [1.165, 1.54) is 0 Å². The van der Waals surface area contributed by atoms with E-state index in [4.69, 9.17) is 4.74 Å². The van der Waals surface area contributed by atoms with Crippen LogP contribution >= 0.6 is 0 Å². The van der Waals surface area contributed by atoms with E-state index in [-0.39, 0.29) is 5.56 Å². The lowest BCUT2D eigenvalue weighted by molar-refractivity contribution is 0.192. The maximum absolute atomic E-state index is 13.2. The van der Waals surface area contributed by atoms with E-state index in [9.17, 15) is 23.1 Å². The fraction of sp³-hybridized carbons (Fsp3) is 0.500. The minimum atomic E-state index is -1.59. The Hall–Kier alpha value is -1.80. The standard InChI is InChI=1S/C14H19F3N2O3/c1-22-5-3-2-4-18-14(21)19-12(8-20)9-6-10(15)13(17)11(16)7-9/h6-7,12,20H,2-5,8H2,1H3,(H2,18,19,21). The quantitative estimate of drug-likeness (QED) is 0.506. The first-order valence-electron chi connectivity index (χ1n) is 6.78. The summed E-state index contributed by atoms with van der Waals surface area (Å²) in [6.45, 7) is 0.387. The number of hydrogen-bond donors (Lipinski definition) is 3. The number of carbonyl (C=O) groups excluding carboxylic acids is 1. The highest BCUT2D eigenvalue weighted by molar-refractivity contribution is 5.74. The van der Waals surface area contributed by atoms with Gasteiger partial charge in [-0.2, -0.15) is 0 Å². The highest BCUT2D eigenvalue weighted by Crippen LogP contribution is 2.19. The molecule has 1 unspecified atom stereocenters. The summed E-state index contributed by atoms with van der Waals surface area (Å²) in [5, 5.41) is 14.1. The monoisotopic (exact) mass is 320 g/mol. The van der Waals surface area contributed by atoms with Gasteiger partial charge in [0.25, 0.3) is 0 Å². The Morgan fingerprint density at radius 2 is 1.91 bits per heavy atom. The predicted octanol–water partition coefficient (Wildman–Crippen LogP) is 1.86. The van der Waals surface area contributed by atoms with Crippen LogP contribution in [0.2, 0.25) is 0 Å². The first-order chi connectivity index (χ1) is 10.5. The highest BCUT2D eigenvalue weighted by atomic mass is 19.2. The summed E-state index contributed by atoms with van der Waals surface area (Å²) in [6.07, 6.45) is 1.47. The molecule has 124 valence electrons. The number of aliphatic hydroxyl groups is 1. The molecule has 22 heavy (non-hydrogen) atoms. The smallest absolute Gasteiger partial charge is 0.315 e. The van der Waals surface area contributed by atoms with E-state index in [0.717, 1.165) is 18.6 Å². The van der Waals surface area contributed by atoms with Crippen LogP contribution in [0.3, 0.4) is 0 Å². The Labute approximate surface area is 126 Å². The molecule has 3 N–H and O–H groups in total. The van der Waals surface area contributed by atoms with Gasteiger partial charge in [-0.1, -0.05) is 0 Å². The van der Waals surface area contributed by atoms with Crippen molar-refractivity contribution in [2.45, 2.75) is 18.9 Å². The molecule has 0 radical (unpaired) electrons. The van der Waals surface area contributed by atoms with Crippen LogP contribution in [0.25, 0.3) is 0 Å². The van der Waals surface area contributed by atoms with E-state index in [2.05, 4.69) is 10.6 Å². The fourth-order valence-electron chi connectivity index (χ4n) is 1.79. The number of ether oxygens (including phenoxy) is 1. The SMILES string of the molecule is COCCCCNC(=O)NC(CO)c1cc(F)c(F)c(F)c1. The van der Waals surface area contributed by atoms with Crippen molar-refractivity contribution in [1.29, 1.82) is 0 Å². The van der Waals surface area contributed by atoms with Gasteiger partial charge < -0.3 is 20.5 Å². The summed E-state index contributed by atoms with van der Waals surface area (Å²) in [5.74, 6) is -4.35. The molecule has 1 aromatic carbocycles. The Morgan fingerprint density at radius 3 is 2.45 bits per heavy atom. The van der Waals surface area contributed by atoms with Gasteiger partial charge in [0.1, 0.15) is 0 Å². The van der Waals surface area contributed by atoms with Gasteiger partial charge in [0.2, 0.25) is 0 Å². The Bertz CT molecular complexity index is 477. The number of halogens is 3. The van der Waals surface area contributed by atoms with Crippen molar-refractivity contribution in [3.8, 4) is 0 Å². The molecule has 0 saturated heterocycles. The number of aliphatic hydroxyl groups excluding tert-OH is 1. The number of hydrogen-bond acceptors (Lipinski definition) is 3. The molecule has 0 heterocycles. The van der Waals surface area contributed by atoms with Crippen LogP contribution in [0, 0.1) is 17.5 Å². The molecule has 2 amide bonds. The Balaban J connectivity index is 2.56. The van der Waals surface area contributed by atoms with Crippen molar-refractivity contribution < 1.29 is 27.8 Å². The van der Waals surface area contributed by atoms with Crippen LogP contribution in [0.5, 0.6) is 0 Å². The summed E-state index contributed by atoms with van der Waals surface area (Å²) in [5.41, 5.74) is -0.0616. The molecule has 0 aromatic heterocycles. The first-order valence-corrected chi connectivity index (χ1v) is 6.78. The highest BCUT2D eigenvalue weighted by Gasteiger charge is 2.18. The van der Waals surface area contributed by atoms with Gasteiger partial charge in [-0.05, 0) is 30.5 Å². The minimum absolute atomic E-state index is 0.0616. The second-order valence-electron chi connectivity index (χ2n) is 4.63. The molecule has 0 fully saturated rings. The minimum Gasteiger partial charge on any atom is -0.394 e. The van der Waals surface area contributed by atoms with Crippen molar-refractivity contribution in [2.24, 2.45) is 0 Å². The predicted molar refractivity (Wildman–Crippen MR) is 73.8 cm³/mol. The third kappa shape index (κ3) is 5.53. The van der Waals surface area contributed by atoms with Gasteiger partial charge in [0, 0.05) is 20.3 Å². The van der Waals surface area contributed by atoms with Crippen molar-refractivity contribution in [3.63, 3.8) is 0 Å². The van der Waals surface area contributed by atoms with E-state index in [1.54, 1.807) is 7.11 Å². The number of methoxy groups -OCH3 is 1. The van der Waals surface area contributed by atoms with Gasteiger partial charge in [-0.3, -0.25) is 0 Å². The third-order valence-corrected chi connectivity index (χ3v) is 2.96. The maximum atomic E-state index is 13.2. The van der Waals surface area contributed by atoms with Crippen LogP contribution in [-0.4, -0.2) is 38.0 Å². The second-order valence-corrected chi connectivity index (χ2v) is 4.63. The molecule has 0 aliphatic carbocycles. The second kappa shape index (κ2) is 9.26. The zero-order valence-electron chi connectivity index (χ0n) is 12.2. The zero-order valence-corrected chi connectivity index (χ0v) is 12.2. The molecule has 1 atom stereocenters.